The number of carbonyl (C=O) groups is 1. The Labute approximate surface area is 162 Å². The normalized spacial score (nSPS) is 15.0. The van der Waals surface area contributed by atoms with Gasteiger partial charge in [0.2, 0.25) is 0 Å². The lowest BCUT2D eigenvalue weighted by atomic mass is 10.1. The van der Waals surface area contributed by atoms with Gasteiger partial charge >= 0.3 is 0 Å². The van der Waals surface area contributed by atoms with E-state index in [1.54, 1.807) is 18.3 Å². The number of amides is 1. The van der Waals surface area contributed by atoms with Gasteiger partial charge in [-0.05, 0) is 49.7 Å². The Hall–Kier alpha value is -2.73. The molecule has 7 heteroatoms. The first kappa shape index (κ1) is 17.7. The second kappa shape index (κ2) is 7.48. The summed E-state index contributed by atoms with van der Waals surface area (Å²) in [5.74, 6) is 0.848. The van der Waals surface area contributed by atoms with Crippen LogP contribution in [-0.2, 0) is 0 Å². The van der Waals surface area contributed by atoms with Crippen LogP contribution in [0, 0.1) is 6.92 Å². The number of fused-ring (bicyclic) bond motifs is 1. The van der Waals surface area contributed by atoms with E-state index in [0.29, 0.717) is 29.2 Å². The summed E-state index contributed by atoms with van der Waals surface area (Å²) in [6.07, 6.45) is 2.57. The molecule has 0 unspecified atom stereocenters. The van der Waals surface area contributed by atoms with Crippen LogP contribution >= 0.6 is 11.6 Å². The predicted molar refractivity (Wildman–Crippen MR) is 106 cm³/mol. The minimum absolute atomic E-state index is 0.00722. The van der Waals surface area contributed by atoms with E-state index in [4.69, 9.17) is 11.6 Å². The summed E-state index contributed by atoms with van der Waals surface area (Å²) < 4.78 is 0. The Kier molecular flexibility index (Phi) is 4.90. The molecule has 1 aliphatic heterocycles. The van der Waals surface area contributed by atoms with E-state index in [1.165, 1.54) is 0 Å². The molecule has 6 nitrogen and oxygen atoms in total. The lowest BCUT2D eigenvalue weighted by molar-refractivity contribution is 0.0769. The van der Waals surface area contributed by atoms with Gasteiger partial charge in [-0.2, -0.15) is 5.10 Å². The second-order valence-corrected chi connectivity index (χ2v) is 7.07. The molecule has 1 amide bonds. The summed E-state index contributed by atoms with van der Waals surface area (Å²) in [7, 11) is 0. The molecule has 0 spiro atoms. The average molecular weight is 382 g/mol. The van der Waals surface area contributed by atoms with Crippen LogP contribution in [0.1, 0.15) is 22.5 Å². The molecule has 27 heavy (non-hydrogen) atoms. The highest BCUT2D eigenvalue weighted by Gasteiger charge is 2.23. The van der Waals surface area contributed by atoms with Crippen molar-refractivity contribution in [2.75, 3.05) is 31.1 Å². The number of pyridine rings is 1. The monoisotopic (exact) mass is 381 g/mol. The number of hydrogen-bond acceptors (Lipinski definition) is 5. The molecule has 4 rings (SSSR count). The Balaban J connectivity index is 1.55. The van der Waals surface area contributed by atoms with Crippen LogP contribution in [-0.4, -0.2) is 52.2 Å². The van der Waals surface area contributed by atoms with Crippen molar-refractivity contribution in [1.29, 1.82) is 0 Å². The molecule has 0 atom stereocenters. The molecule has 0 bridgehead atoms. The predicted octanol–water partition coefficient (Wildman–Crippen LogP) is 3.34. The van der Waals surface area contributed by atoms with Gasteiger partial charge in [0.15, 0.2) is 5.82 Å². The van der Waals surface area contributed by atoms with Crippen molar-refractivity contribution in [3.8, 4) is 0 Å². The number of aromatic nitrogens is 3. The first-order valence-corrected chi connectivity index (χ1v) is 9.39. The lowest BCUT2D eigenvalue weighted by Gasteiger charge is -2.23. The highest BCUT2D eigenvalue weighted by Crippen LogP contribution is 2.26. The molecule has 1 aliphatic rings. The fraction of sp³-hybridized carbons (Fsp3) is 0.300. The highest BCUT2D eigenvalue weighted by atomic mass is 35.5. The average Bonchev–Trinajstić information content (AvgIpc) is 2.95. The number of rotatable bonds is 2. The van der Waals surface area contributed by atoms with Gasteiger partial charge in [0.1, 0.15) is 0 Å². The zero-order valence-electron chi connectivity index (χ0n) is 15.1. The first-order valence-electron chi connectivity index (χ1n) is 9.01. The molecule has 0 radical (unpaired) electrons. The molecule has 0 saturated carbocycles. The number of hydrogen-bond donors (Lipinski definition) is 0. The van der Waals surface area contributed by atoms with E-state index in [9.17, 15) is 4.79 Å². The van der Waals surface area contributed by atoms with E-state index in [-0.39, 0.29) is 5.91 Å². The van der Waals surface area contributed by atoms with Crippen molar-refractivity contribution in [2.45, 2.75) is 13.3 Å². The maximum atomic E-state index is 13.2. The minimum Gasteiger partial charge on any atom is -0.353 e. The van der Waals surface area contributed by atoms with Gasteiger partial charge in [-0.15, -0.1) is 5.10 Å². The Morgan fingerprint density at radius 1 is 1.04 bits per heavy atom. The number of benzene rings is 1. The summed E-state index contributed by atoms with van der Waals surface area (Å²) in [5.41, 5.74) is 2.14. The van der Waals surface area contributed by atoms with Gasteiger partial charge in [0.05, 0.1) is 21.8 Å². The topological polar surface area (TPSA) is 62.2 Å². The molecule has 3 heterocycles. The van der Waals surface area contributed by atoms with Gasteiger partial charge < -0.3 is 9.80 Å². The maximum Gasteiger partial charge on any atom is 0.256 e. The number of anilines is 1. The fourth-order valence-electron chi connectivity index (χ4n) is 3.39. The van der Waals surface area contributed by atoms with Crippen molar-refractivity contribution in [2.24, 2.45) is 0 Å². The molecule has 1 aromatic carbocycles. The van der Waals surface area contributed by atoms with Crippen LogP contribution in [0.2, 0.25) is 5.02 Å². The van der Waals surface area contributed by atoms with Crippen LogP contribution < -0.4 is 4.90 Å². The van der Waals surface area contributed by atoms with Gasteiger partial charge in [-0.1, -0.05) is 11.6 Å². The van der Waals surface area contributed by atoms with Crippen molar-refractivity contribution >= 4 is 34.2 Å². The summed E-state index contributed by atoms with van der Waals surface area (Å²) in [4.78, 5) is 21.6. The smallest absolute Gasteiger partial charge is 0.256 e. The van der Waals surface area contributed by atoms with Gasteiger partial charge in [-0.3, -0.25) is 9.78 Å². The van der Waals surface area contributed by atoms with Crippen LogP contribution in [0.25, 0.3) is 10.9 Å². The second-order valence-electron chi connectivity index (χ2n) is 6.66. The van der Waals surface area contributed by atoms with Crippen molar-refractivity contribution < 1.29 is 4.79 Å². The standard InChI is InChI=1S/C20H20ClN5O/c1-14-5-8-18(24-23-14)25-10-3-11-26(13-12-25)20(27)16-6-7-17(21)15-4-2-9-22-19(15)16/h2,4-9H,3,10-13H2,1H3. The minimum atomic E-state index is -0.00722. The Morgan fingerprint density at radius 3 is 2.74 bits per heavy atom. The highest BCUT2D eigenvalue weighted by molar-refractivity contribution is 6.36. The summed E-state index contributed by atoms with van der Waals surface area (Å²) in [6, 6.07) is 11.2. The molecule has 138 valence electrons. The number of halogens is 1. The molecule has 1 fully saturated rings. The lowest BCUT2D eigenvalue weighted by Crippen LogP contribution is -2.35. The van der Waals surface area contributed by atoms with E-state index in [2.05, 4.69) is 20.1 Å². The molecule has 0 aliphatic carbocycles. The largest absolute Gasteiger partial charge is 0.353 e. The van der Waals surface area contributed by atoms with Crippen molar-refractivity contribution in [1.82, 2.24) is 20.1 Å². The zero-order chi connectivity index (χ0) is 18.8. The van der Waals surface area contributed by atoms with Crippen molar-refractivity contribution in [3.05, 3.63) is 58.9 Å². The molecule has 3 aromatic rings. The Morgan fingerprint density at radius 2 is 1.93 bits per heavy atom. The first-order chi connectivity index (χ1) is 13.1. The van der Waals surface area contributed by atoms with E-state index in [0.717, 1.165) is 36.4 Å². The zero-order valence-corrected chi connectivity index (χ0v) is 15.9. The van der Waals surface area contributed by atoms with Gasteiger partial charge in [0.25, 0.3) is 5.91 Å². The molecule has 0 N–H and O–H groups in total. The Bertz CT molecular complexity index is 976. The third-order valence-electron chi connectivity index (χ3n) is 4.84. The summed E-state index contributed by atoms with van der Waals surface area (Å²) >= 11 is 6.26. The fourth-order valence-corrected chi connectivity index (χ4v) is 3.61. The molecule has 1 saturated heterocycles. The van der Waals surface area contributed by atoms with Crippen LogP contribution in [0.3, 0.4) is 0 Å². The third kappa shape index (κ3) is 3.57. The molecular weight excluding hydrogens is 362 g/mol. The van der Waals surface area contributed by atoms with Gasteiger partial charge in [0, 0.05) is 37.8 Å². The van der Waals surface area contributed by atoms with E-state index in [1.807, 2.05) is 36.1 Å². The summed E-state index contributed by atoms with van der Waals surface area (Å²) in [6.45, 7) is 4.82. The van der Waals surface area contributed by atoms with Crippen molar-refractivity contribution in [3.63, 3.8) is 0 Å². The van der Waals surface area contributed by atoms with Crippen LogP contribution in [0.5, 0.6) is 0 Å². The number of aryl methyl sites for hydroxylation is 1. The van der Waals surface area contributed by atoms with Crippen LogP contribution in [0.15, 0.2) is 42.6 Å². The third-order valence-corrected chi connectivity index (χ3v) is 5.17. The quantitative estimate of drug-likeness (QED) is 0.681. The maximum absolute atomic E-state index is 13.2. The SMILES string of the molecule is Cc1ccc(N2CCCN(C(=O)c3ccc(Cl)c4cccnc34)CC2)nn1. The van der Waals surface area contributed by atoms with E-state index < -0.39 is 0 Å². The molecule has 2 aromatic heterocycles. The van der Waals surface area contributed by atoms with Gasteiger partial charge in [-0.25, -0.2) is 0 Å². The van der Waals surface area contributed by atoms with Crippen LogP contribution in [0.4, 0.5) is 5.82 Å². The summed E-state index contributed by atoms with van der Waals surface area (Å²) in [5, 5.41) is 9.81. The van der Waals surface area contributed by atoms with E-state index >= 15 is 0 Å². The number of carbonyl (C=O) groups excluding carboxylic acids is 1. The molecular formula is C20H20ClN5O. The number of nitrogens with zero attached hydrogens (tertiary/aromatic N) is 5.